The molecule has 2 rings (SSSR count). The highest BCUT2D eigenvalue weighted by Crippen LogP contribution is 2.20. The zero-order chi connectivity index (χ0) is 14.7. The summed E-state index contributed by atoms with van der Waals surface area (Å²) in [7, 11) is 0. The third-order valence-electron chi connectivity index (χ3n) is 3.32. The molecule has 2 aromatic carbocycles. The van der Waals surface area contributed by atoms with Crippen molar-refractivity contribution < 1.29 is 4.79 Å². The average molecular weight is 332 g/mol. The molecule has 0 fully saturated rings. The molecule has 0 saturated heterocycles. The molecule has 1 amide bonds. The van der Waals surface area contributed by atoms with E-state index in [1.165, 1.54) is 5.56 Å². The summed E-state index contributed by atoms with van der Waals surface area (Å²) in [6.07, 6.45) is 0.406. The molecule has 0 unspecified atom stereocenters. The maximum absolute atomic E-state index is 12.2. The Morgan fingerprint density at radius 3 is 2.50 bits per heavy atom. The van der Waals surface area contributed by atoms with Crippen LogP contribution in [0.15, 0.2) is 40.9 Å². The number of amides is 1. The van der Waals surface area contributed by atoms with Gasteiger partial charge in [0, 0.05) is 10.2 Å². The van der Waals surface area contributed by atoms with Crippen molar-refractivity contribution in [1.29, 1.82) is 0 Å². The maximum Gasteiger partial charge on any atom is 0.228 e. The van der Waals surface area contributed by atoms with Crippen molar-refractivity contribution in [3.63, 3.8) is 0 Å². The Bertz CT molecular complexity index is 649. The van der Waals surface area contributed by atoms with Crippen LogP contribution in [0.2, 0.25) is 0 Å². The number of nitrogens with one attached hydrogen (secondary N) is 1. The quantitative estimate of drug-likeness (QED) is 0.877. The van der Waals surface area contributed by atoms with E-state index in [4.69, 9.17) is 0 Å². The molecule has 0 aliphatic rings. The molecule has 2 nitrogen and oxygen atoms in total. The fraction of sp³-hybridized carbons (Fsp3) is 0.235. The van der Waals surface area contributed by atoms with Gasteiger partial charge in [0.2, 0.25) is 5.91 Å². The molecular formula is C17H18BrNO. The monoisotopic (exact) mass is 331 g/mol. The Morgan fingerprint density at radius 2 is 1.80 bits per heavy atom. The van der Waals surface area contributed by atoms with Gasteiger partial charge in [-0.2, -0.15) is 0 Å². The lowest BCUT2D eigenvalue weighted by molar-refractivity contribution is -0.115. The van der Waals surface area contributed by atoms with Crippen molar-refractivity contribution in [3.05, 3.63) is 63.1 Å². The predicted octanol–water partition coefficient (Wildman–Crippen LogP) is 4.56. The van der Waals surface area contributed by atoms with Gasteiger partial charge < -0.3 is 5.32 Å². The summed E-state index contributed by atoms with van der Waals surface area (Å²) >= 11 is 3.42. The van der Waals surface area contributed by atoms with Crippen LogP contribution in [0.3, 0.4) is 0 Å². The van der Waals surface area contributed by atoms with Crippen LogP contribution in [-0.2, 0) is 11.2 Å². The van der Waals surface area contributed by atoms with Crippen molar-refractivity contribution in [1.82, 2.24) is 0 Å². The van der Waals surface area contributed by atoms with E-state index in [0.29, 0.717) is 6.42 Å². The first-order chi connectivity index (χ1) is 9.45. The normalized spacial score (nSPS) is 10.4. The summed E-state index contributed by atoms with van der Waals surface area (Å²) in [4.78, 5) is 12.2. The van der Waals surface area contributed by atoms with Crippen LogP contribution >= 0.6 is 15.9 Å². The van der Waals surface area contributed by atoms with Gasteiger partial charge in [0.25, 0.3) is 0 Å². The molecule has 2 aromatic rings. The number of hydrogen-bond donors (Lipinski definition) is 1. The Hall–Kier alpha value is -1.61. The number of carbonyl (C=O) groups is 1. The molecule has 104 valence electrons. The zero-order valence-corrected chi connectivity index (χ0v) is 13.5. The van der Waals surface area contributed by atoms with Crippen LogP contribution in [0.5, 0.6) is 0 Å². The molecule has 1 N–H and O–H groups in total. The van der Waals surface area contributed by atoms with Gasteiger partial charge in [-0.1, -0.05) is 39.7 Å². The van der Waals surface area contributed by atoms with Crippen LogP contribution in [-0.4, -0.2) is 5.91 Å². The van der Waals surface area contributed by atoms with E-state index in [1.807, 2.05) is 39.0 Å². The summed E-state index contributed by atoms with van der Waals surface area (Å²) in [6.45, 7) is 6.06. The highest BCUT2D eigenvalue weighted by atomic mass is 79.9. The average Bonchev–Trinajstić information content (AvgIpc) is 2.37. The second-order valence-electron chi connectivity index (χ2n) is 5.11. The molecule has 0 aromatic heterocycles. The number of halogens is 1. The number of hydrogen-bond acceptors (Lipinski definition) is 1. The number of carbonyl (C=O) groups excluding carboxylic acids is 1. The van der Waals surface area contributed by atoms with Crippen molar-refractivity contribution >= 4 is 27.5 Å². The smallest absolute Gasteiger partial charge is 0.228 e. The van der Waals surface area contributed by atoms with E-state index < -0.39 is 0 Å². The van der Waals surface area contributed by atoms with E-state index in [0.717, 1.165) is 26.9 Å². The lowest BCUT2D eigenvalue weighted by Gasteiger charge is -2.10. The molecular weight excluding hydrogens is 314 g/mol. The van der Waals surface area contributed by atoms with Crippen molar-refractivity contribution in [3.8, 4) is 0 Å². The van der Waals surface area contributed by atoms with Crippen LogP contribution < -0.4 is 5.32 Å². The lowest BCUT2D eigenvalue weighted by Crippen LogP contribution is -2.15. The third kappa shape index (κ3) is 3.70. The lowest BCUT2D eigenvalue weighted by atomic mass is 10.0. The Kier molecular flexibility index (Phi) is 4.61. The van der Waals surface area contributed by atoms with E-state index in [-0.39, 0.29) is 5.91 Å². The topological polar surface area (TPSA) is 29.1 Å². The molecule has 0 saturated carbocycles. The molecule has 0 heterocycles. The molecule has 0 spiro atoms. The molecule has 0 bridgehead atoms. The fourth-order valence-corrected chi connectivity index (χ4v) is 2.60. The number of aryl methyl sites for hydroxylation is 3. The summed E-state index contributed by atoms with van der Waals surface area (Å²) in [5.74, 6) is 0.0177. The van der Waals surface area contributed by atoms with Crippen LogP contribution in [0.1, 0.15) is 22.3 Å². The van der Waals surface area contributed by atoms with Gasteiger partial charge >= 0.3 is 0 Å². The van der Waals surface area contributed by atoms with Crippen molar-refractivity contribution in [2.24, 2.45) is 0 Å². The SMILES string of the molecule is Cc1ccc(C)c(CC(=O)Nc2ccc(Br)cc2C)c1. The second-order valence-corrected chi connectivity index (χ2v) is 6.03. The molecule has 0 aliphatic carbocycles. The van der Waals surface area contributed by atoms with Crippen molar-refractivity contribution in [2.45, 2.75) is 27.2 Å². The summed E-state index contributed by atoms with van der Waals surface area (Å²) < 4.78 is 1.02. The van der Waals surface area contributed by atoms with Crippen LogP contribution in [0.25, 0.3) is 0 Å². The van der Waals surface area contributed by atoms with Crippen molar-refractivity contribution in [2.75, 3.05) is 5.32 Å². The van der Waals surface area contributed by atoms with Gasteiger partial charge in [-0.15, -0.1) is 0 Å². The summed E-state index contributed by atoms with van der Waals surface area (Å²) in [5, 5.41) is 2.97. The second kappa shape index (κ2) is 6.23. The highest BCUT2D eigenvalue weighted by molar-refractivity contribution is 9.10. The van der Waals surface area contributed by atoms with Gasteiger partial charge in [0.1, 0.15) is 0 Å². The minimum absolute atomic E-state index is 0.0177. The fourth-order valence-electron chi connectivity index (χ4n) is 2.13. The van der Waals surface area contributed by atoms with E-state index in [1.54, 1.807) is 0 Å². The largest absolute Gasteiger partial charge is 0.326 e. The molecule has 0 radical (unpaired) electrons. The highest BCUT2D eigenvalue weighted by Gasteiger charge is 2.08. The summed E-state index contributed by atoms with van der Waals surface area (Å²) in [6, 6.07) is 12.0. The standard InChI is InChI=1S/C17H18BrNO/c1-11-4-5-12(2)14(8-11)10-17(20)19-16-7-6-15(18)9-13(16)3/h4-9H,10H2,1-3H3,(H,19,20). The van der Waals surface area contributed by atoms with Gasteiger partial charge in [0.15, 0.2) is 0 Å². The molecule has 3 heteroatoms. The van der Waals surface area contributed by atoms with E-state index in [2.05, 4.69) is 39.4 Å². The minimum Gasteiger partial charge on any atom is -0.326 e. The third-order valence-corrected chi connectivity index (χ3v) is 3.81. The van der Waals surface area contributed by atoms with Gasteiger partial charge in [-0.05, 0) is 55.7 Å². The zero-order valence-electron chi connectivity index (χ0n) is 12.0. The van der Waals surface area contributed by atoms with Gasteiger partial charge in [-0.3, -0.25) is 4.79 Å². The van der Waals surface area contributed by atoms with E-state index in [9.17, 15) is 4.79 Å². The number of benzene rings is 2. The predicted molar refractivity (Wildman–Crippen MR) is 87.1 cm³/mol. The number of anilines is 1. The maximum atomic E-state index is 12.2. The van der Waals surface area contributed by atoms with Crippen LogP contribution in [0.4, 0.5) is 5.69 Å². The Labute approximate surface area is 128 Å². The Balaban J connectivity index is 2.11. The van der Waals surface area contributed by atoms with Gasteiger partial charge in [-0.25, -0.2) is 0 Å². The van der Waals surface area contributed by atoms with Gasteiger partial charge in [0.05, 0.1) is 6.42 Å². The minimum atomic E-state index is 0.0177. The Morgan fingerprint density at radius 1 is 1.05 bits per heavy atom. The first-order valence-corrected chi connectivity index (χ1v) is 7.37. The molecule has 0 aliphatic heterocycles. The summed E-state index contributed by atoms with van der Waals surface area (Å²) in [5.41, 5.74) is 5.32. The van der Waals surface area contributed by atoms with Crippen LogP contribution in [0, 0.1) is 20.8 Å². The first-order valence-electron chi connectivity index (χ1n) is 6.58. The molecule has 20 heavy (non-hydrogen) atoms. The molecule has 0 atom stereocenters. The first kappa shape index (κ1) is 14.8. The van der Waals surface area contributed by atoms with E-state index >= 15 is 0 Å². The number of rotatable bonds is 3.